The Labute approximate surface area is 97.5 Å². The fourth-order valence-electron chi connectivity index (χ4n) is 1.83. The van der Waals surface area contributed by atoms with Crippen molar-refractivity contribution in [3.63, 3.8) is 0 Å². The number of nitrogens with one attached hydrogen (secondary N) is 1. The summed E-state index contributed by atoms with van der Waals surface area (Å²) in [7, 11) is 1.67. The Hall–Kier alpha value is -1.51. The fourth-order valence-corrected chi connectivity index (χ4v) is 1.83. The summed E-state index contributed by atoms with van der Waals surface area (Å²) in [6.07, 6.45) is 0.962. The molecule has 1 aromatic rings. The standard InChI is InChI=1S/C11H14N2O.C2H6/c1-12-11(14)13-7-6-9-4-2-3-5-10(9)8-13;1-2/h2-5H,6-8H2,1H3,(H,12,14);1-2H3. The number of fused-ring (bicyclic) bond motifs is 1. The van der Waals surface area contributed by atoms with E-state index < -0.39 is 0 Å². The molecule has 2 amide bonds. The molecule has 1 N–H and O–H groups in total. The number of hydrogen-bond donors (Lipinski definition) is 1. The van der Waals surface area contributed by atoms with Crippen molar-refractivity contribution in [2.24, 2.45) is 0 Å². The van der Waals surface area contributed by atoms with E-state index in [0.717, 1.165) is 19.5 Å². The van der Waals surface area contributed by atoms with Crippen LogP contribution in [0.3, 0.4) is 0 Å². The van der Waals surface area contributed by atoms with Crippen LogP contribution in [-0.2, 0) is 13.0 Å². The smallest absolute Gasteiger partial charge is 0.317 e. The van der Waals surface area contributed by atoms with Crippen LogP contribution in [0.15, 0.2) is 24.3 Å². The minimum absolute atomic E-state index is 0.0134. The maximum atomic E-state index is 11.4. The summed E-state index contributed by atoms with van der Waals surface area (Å²) in [6.45, 7) is 5.55. The molecule has 1 heterocycles. The molecule has 3 nitrogen and oxygen atoms in total. The van der Waals surface area contributed by atoms with Gasteiger partial charge < -0.3 is 10.2 Å². The zero-order valence-corrected chi connectivity index (χ0v) is 10.3. The van der Waals surface area contributed by atoms with E-state index in [0.29, 0.717) is 0 Å². The highest BCUT2D eigenvalue weighted by Crippen LogP contribution is 2.17. The summed E-state index contributed by atoms with van der Waals surface area (Å²) in [5, 5.41) is 2.65. The first kappa shape index (κ1) is 12.6. The third-order valence-electron chi connectivity index (χ3n) is 2.63. The molecular weight excluding hydrogens is 200 g/mol. The number of hydrogen-bond acceptors (Lipinski definition) is 1. The molecule has 0 saturated heterocycles. The van der Waals surface area contributed by atoms with Gasteiger partial charge in [0.25, 0.3) is 0 Å². The predicted octanol–water partition coefficient (Wildman–Crippen LogP) is 2.41. The second-order valence-corrected chi connectivity index (χ2v) is 3.50. The molecule has 0 saturated carbocycles. The summed E-state index contributed by atoms with van der Waals surface area (Å²) >= 11 is 0. The van der Waals surface area contributed by atoms with Crippen LogP contribution >= 0.6 is 0 Å². The lowest BCUT2D eigenvalue weighted by Gasteiger charge is -2.28. The van der Waals surface area contributed by atoms with Gasteiger partial charge in [-0.15, -0.1) is 0 Å². The maximum Gasteiger partial charge on any atom is 0.317 e. The van der Waals surface area contributed by atoms with Crippen LogP contribution in [0.4, 0.5) is 4.79 Å². The average molecular weight is 220 g/mol. The Morgan fingerprint density at radius 2 is 1.88 bits per heavy atom. The van der Waals surface area contributed by atoms with E-state index in [1.807, 2.05) is 30.9 Å². The van der Waals surface area contributed by atoms with Crippen molar-refractivity contribution in [1.29, 1.82) is 0 Å². The lowest BCUT2D eigenvalue weighted by Crippen LogP contribution is -2.41. The Kier molecular flexibility index (Phi) is 4.83. The minimum Gasteiger partial charge on any atom is -0.341 e. The normalized spacial score (nSPS) is 13.3. The molecule has 88 valence electrons. The molecule has 0 atom stereocenters. The molecule has 0 spiro atoms. The van der Waals surface area contributed by atoms with Crippen molar-refractivity contribution >= 4 is 6.03 Å². The van der Waals surface area contributed by atoms with Crippen LogP contribution < -0.4 is 5.32 Å². The van der Waals surface area contributed by atoms with Crippen molar-refractivity contribution in [3.05, 3.63) is 35.4 Å². The van der Waals surface area contributed by atoms with Crippen LogP contribution in [0.25, 0.3) is 0 Å². The molecule has 16 heavy (non-hydrogen) atoms. The zero-order chi connectivity index (χ0) is 12.0. The van der Waals surface area contributed by atoms with E-state index in [1.54, 1.807) is 7.05 Å². The SMILES string of the molecule is CC.CNC(=O)N1CCc2ccccc2C1. The summed E-state index contributed by atoms with van der Waals surface area (Å²) in [5.41, 5.74) is 2.63. The quantitative estimate of drug-likeness (QED) is 0.715. The average Bonchev–Trinajstić information content (AvgIpc) is 2.39. The molecule has 1 aliphatic heterocycles. The van der Waals surface area contributed by atoms with Gasteiger partial charge in [-0.05, 0) is 17.5 Å². The molecule has 0 aliphatic carbocycles. The van der Waals surface area contributed by atoms with Crippen molar-refractivity contribution in [2.45, 2.75) is 26.8 Å². The number of carbonyl (C=O) groups is 1. The van der Waals surface area contributed by atoms with Crippen LogP contribution in [0.2, 0.25) is 0 Å². The lowest BCUT2D eigenvalue weighted by molar-refractivity contribution is 0.194. The fraction of sp³-hybridized carbons (Fsp3) is 0.462. The van der Waals surface area contributed by atoms with E-state index in [1.165, 1.54) is 11.1 Å². The van der Waals surface area contributed by atoms with Crippen molar-refractivity contribution < 1.29 is 4.79 Å². The van der Waals surface area contributed by atoms with Gasteiger partial charge in [-0.3, -0.25) is 0 Å². The number of rotatable bonds is 0. The molecule has 0 unspecified atom stereocenters. The summed E-state index contributed by atoms with van der Waals surface area (Å²) < 4.78 is 0. The topological polar surface area (TPSA) is 32.3 Å². The Balaban J connectivity index is 0.000000606. The molecule has 0 fully saturated rings. The first-order valence-electron chi connectivity index (χ1n) is 5.84. The first-order chi connectivity index (χ1) is 7.81. The molecule has 1 aliphatic rings. The summed E-state index contributed by atoms with van der Waals surface area (Å²) in [6, 6.07) is 8.31. The number of amides is 2. The van der Waals surface area contributed by atoms with Gasteiger partial charge in [0, 0.05) is 20.1 Å². The van der Waals surface area contributed by atoms with E-state index in [2.05, 4.69) is 17.4 Å². The van der Waals surface area contributed by atoms with Crippen molar-refractivity contribution in [1.82, 2.24) is 10.2 Å². The van der Waals surface area contributed by atoms with Gasteiger partial charge >= 0.3 is 6.03 Å². The third kappa shape index (κ3) is 2.75. The highest BCUT2D eigenvalue weighted by Gasteiger charge is 2.18. The van der Waals surface area contributed by atoms with Crippen LogP contribution in [-0.4, -0.2) is 24.5 Å². The Morgan fingerprint density at radius 1 is 1.25 bits per heavy atom. The van der Waals surface area contributed by atoms with E-state index in [4.69, 9.17) is 0 Å². The molecule has 2 rings (SSSR count). The molecule has 0 aromatic heterocycles. The Bertz CT molecular complexity index is 350. The second-order valence-electron chi connectivity index (χ2n) is 3.50. The number of benzene rings is 1. The van der Waals surface area contributed by atoms with E-state index >= 15 is 0 Å². The second kappa shape index (κ2) is 6.16. The number of carbonyl (C=O) groups excluding carboxylic acids is 1. The summed E-state index contributed by atoms with van der Waals surface area (Å²) in [5.74, 6) is 0. The van der Waals surface area contributed by atoms with Crippen LogP contribution in [0.1, 0.15) is 25.0 Å². The predicted molar refractivity (Wildman–Crippen MR) is 66.4 cm³/mol. The van der Waals surface area contributed by atoms with E-state index in [-0.39, 0.29) is 6.03 Å². The molecular formula is C13H20N2O. The molecule has 0 radical (unpaired) electrons. The van der Waals surface area contributed by atoms with Gasteiger partial charge in [0.1, 0.15) is 0 Å². The van der Waals surface area contributed by atoms with Gasteiger partial charge in [-0.2, -0.15) is 0 Å². The molecule has 0 bridgehead atoms. The highest BCUT2D eigenvalue weighted by atomic mass is 16.2. The van der Waals surface area contributed by atoms with Crippen molar-refractivity contribution in [3.8, 4) is 0 Å². The van der Waals surface area contributed by atoms with Crippen molar-refractivity contribution in [2.75, 3.05) is 13.6 Å². The zero-order valence-electron chi connectivity index (χ0n) is 10.3. The van der Waals surface area contributed by atoms with Gasteiger partial charge in [-0.1, -0.05) is 38.1 Å². The van der Waals surface area contributed by atoms with Gasteiger partial charge in [-0.25, -0.2) is 4.79 Å². The van der Waals surface area contributed by atoms with Crippen LogP contribution in [0.5, 0.6) is 0 Å². The molecule has 3 heteroatoms. The number of urea groups is 1. The third-order valence-corrected chi connectivity index (χ3v) is 2.63. The van der Waals surface area contributed by atoms with E-state index in [9.17, 15) is 4.79 Å². The lowest BCUT2D eigenvalue weighted by atomic mass is 10.0. The summed E-state index contributed by atoms with van der Waals surface area (Å²) in [4.78, 5) is 13.2. The van der Waals surface area contributed by atoms with Gasteiger partial charge in [0.15, 0.2) is 0 Å². The largest absolute Gasteiger partial charge is 0.341 e. The van der Waals surface area contributed by atoms with Gasteiger partial charge in [0.2, 0.25) is 0 Å². The van der Waals surface area contributed by atoms with Crippen LogP contribution in [0, 0.1) is 0 Å². The highest BCUT2D eigenvalue weighted by molar-refractivity contribution is 5.74. The monoisotopic (exact) mass is 220 g/mol. The van der Waals surface area contributed by atoms with Gasteiger partial charge in [0.05, 0.1) is 0 Å². The minimum atomic E-state index is 0.0134. The first-order valence-corrected chi connectivity index (χ1v) is 5.84. The Morgan fingerprint density at radius 3 is 2.50 bits per heavy atom. The maximum absolute atomic E-state index is 11.4. The number of nitrogens with zero attached hydrogens (tertiary/aromatic N) is 1. The molecule has 1 aromatic carbocycles.